The molecule has 0 saturated carbocycles. The number of anilines is 1. The Bertz CT molecular complexity index is 581. The molecule has 0 atom stereocenters. The Kier molecular flexibility index (Phi) is 2.91. The molecule has 5 nitrogen and oxygen atoms in total. The molecule has 5 heteroatoms. The van der Waals surface area contributed by atoms with Crippen LogP contribution in [0.5, 0.6) is 0 Å². The highest BCUT2D eigenvalue weighted by atomic mass is 16.5. The van der Waals surface area contributed by atoms with Crippen molar-refractivity contribution in [1.29, 1.82) is 0 Å². The van der Waals surface area contributed by atoms with Gasteiger partial charge in [-0.2, -0.15) is 0 Å². The zero-order chi connectivity index (χ0) is 12.4. The van der Waals surface area contributed by atoms with Crippen LogP contribution in [0, 0.1) is 13.8 Å². The fraction of sp³-hybridized carbons (Fsp3) is 0.250. The van der Waals surface area contributed by atoms with Crippen molar-refractivity contribution in [3.8, 4) is 0 Å². The van der Waals surface area contributed by atoms with Crippen molar-refractivity contribution in [1.82, 2.24) is 9.97 Å². The molecule has 2 aromatic rings. The highest BCUT2D eigenvalue weighted by molar-refractivity contribution is 5.88. The van der Waals surface area contributed by atoms with Gasteiger partial charge in [-0.15, -0.1) is 0 Å². The van der Waals surface area contributed by atoms with Crippen molar-refractivity contribution in [3.05, 3.63) is 29.6 Å². The monoisotopic (exact) mass is 231 g/mol. The van der Waals surface area contributed by atoms with E-state index in [0.717, 1.165) is 22.4 Å². The smallest absolute Gasteiger partial charge is 0.411 e. The van der Waals surface area contributed by atoms with Crippen molar-refractivity contribution in [2.45, 2.75) is 13.8 Å². The van der Waals surface area contributed by atoms with Gasteiger partial charge in [0.25, 0.3) is 0 Å². The number of hydrogen-bond donors (Lipinski definition) is 1. The summed E-state index contributed by atoms with van der Waals surface area (Å²) in [4.78, 5) is 19.9. The quantitative estimate of drug-likeness (QED) is 0.818. The molecule has 0 aliphatic rings. The average Bonchev–Trinajstić information content (AvgIpc) is 2.31. The third kappa shape index (κ3) is 2.33. The van der Waals surface area contributed by atoms with Crippen molar-refractivity contribution < 1.29 is 9.53 Å². The summed E-state index contributed by atoms with van der Waals surface area (Å²) in [6, 6.07) is 5.36. The average molecular weight is 231 g/mol. The summed E-state index contributed by atoms with van der Waals surface area (Å²) < 4.78 is 4.52. The Morgan fingerprint density at radius 2 is 1.82 bits per heavy atom. The van der Waals surface area contributed by atoms with Crippen LogP contribution in [0.3, 0.4) is 0 Å². The van der Waals surface area contributed by atoms with Gasteiger partial charge in [-0.25, -0.2) is 14.8 Å². The van der Waals surface area contributed by atoms with Gasteiger partial charge in [-0.05, 0) is 32.0 Å². The molecule has 0 fully saturated rings. The van der Waals surface area contributed by atoms with Gasteiger partial charge >= 0.3 is 6.09 Å². The predicted molar refractivity (Wildman–Crippen MR) is 65.0 cm³/mol. The molecule has 1 N–H and O–H groups in total. The van der Waals surface area contributed by atoms with Gasteiger partial charge in [0.1, 0.15) is 0 Å². The minimum Gasteiger partial charge on any atom is -0.453 e. The van der Waals surface area contributed by atoms with Crippen LogP contribution in [0.15, 0.2) is 18.2 Å². The van der Waals surface area contributed by atoms with Crippen LogP contribution in [0.2, 0.25) is 0 Å². The molecular formula is C12H13N3O2. The second-order valence-corrected chi connectivity index (χ2v) is 3.71. The molecule has 0 saturated heterocycles. The third-order valence-corrected chi connectivity index (χ3v) is 2.51. The summed E-state index contributed by atoms with van der Waals surface area (Å²) in [5.41, 5.74) is 3.99. The summed E-state index contributed by atoms with van der Waals surface area (Å²) >= 11 is 0. The van der Waals surface area contributed by atoms with Crippen molar-refractivity contribution >= 4 is 22.8 Å². The van der Waals surface area contributed by atoms with Gasteiger partial charge in [0.15, 0.2) is 0 Å². The molecular weight excluding hydrogens is 218 g/mol. The van der Waals surface area contributed by atoms with Gasteiger partial charge in [-0.1, -0.05) is 0 Å². The number of carbonyl (C=O) groups is 1. The van der Waals surface area contributed by atoms with Gasteiger partial charge in [-0.3, -0.25) is 5.32 Å². The van der Waals surface area contributed by atoms with Crippen molar-refractivity contribution in [2.75, 3.05) is 12.4 Å². The number of rotatable bonds is 1. The number of carbonyl (C=O) groups excluding carboxylic acids is 1. The lowest BCUT2D eigenvalue weighted by Gasteiger charge is -2.06. The number of methoxy groups -OCH3 is 1. The van der Waals surface area contributed by atoms with Gasteiger partial charge in [0.2, 0.25) is 0 Å². The van der Waals surface area contributed by atoms with Crippen LogP contribution in [0.25, 0.3) is 11.0 Å². The SMILES string of the molecule is COC(=O)Nc1ccc2nc(C)c(C)nc2c1. The molecule has 0 aliphatic carbocycles. The van der Waals surface area contributed by atoms with E-state index in [4.69, 9.17) is 0 Å². The Labute approximate surface area is 98.8 Å². The summed E-state index contributed by atoms with van der Waals surface area (Å²) in [5, 5.41) is 2.59. The zero-order valence-electron chi connectivity index (χ0n) is 9.94. The number of amides is 1. The van der Waals surface area contributed by atoms with Gasteiger partial charge in [0.05, 0.1) is 29.5 Å². The largest absolute Gasteiger partial charge is 0.453 e. The summed E-state index contributed by atoms with van der Waals surface area (Å²) in [6.45, 7) is 3.82. The standard InChI is InChI=1S/C12H13N3O2/c1-7-8(2)14-11-6-9(15-12(16)17-3)4-5-10(11)13-7/h4-6H,1-3H3,(H,15,16). The number of aryl methyl sites for hydroxylation is 2. The summed E-state index contributed by atoms with van der Waals surface area (Å²) in [5.74, 6) is 0. The second-order valence-electron chi connectivity index (χ2n) is 3.71. The van der Waals surface area contributed by atoms with Crippen LogP contribution in [0.4, 0.5) is 10.5 Å². The van der Waals surface area contributed by atoms with E-state index in [-0.39, 0.29) is 0 Å². The first-order valence-electron chi connectivity index (χ1n) is 5.20. The van der Waals surface area contributed by atoms with E-state index in [0.29, 0.717) is 5.69 Å². The van der Waals surface area contributed by atoms with Crippen LogP contribution in [-0.4, -0.2) is 23.2 Å². The summed E-state index contributed by atoms with van der Waals surface area (Å²) in [6.07, 6.45) is -0.499. The maximum absolute atomic E-state index is 11.1. The molecule has 0 bridgehead atoms. The number of nitrogens with one attached hydrogen (secondary N) is 1. The highest BCUT2D eigenvalue weighted by Gasteiger charge is 2.04. The number of fused-ring (bicyclic) bond motifs is 1. The lowest BCUT2D eigenvalue weighted by atomic mass is 10.2. The Balaban J connectivity index is 2.43. The number of ether oxygens (including phenoxy) is 1. The molecule has 1 amide bonds. The van der Waals surface area contributed by atoms with E-state index < -0.39 is 6.09 Å². The number of benzene rings is 1. The first kappa shape index (κ1) is 11.3. The molecule has 1 aromatic carbocycles. The molecule has 2 rings (SSSR count). The second kappa shape index (κ2) is 4.37. The molecule has 0 unspecified atom stereocenters. The Morgan fingerprint density at radius 1 is 1.18 bits per heavy atom. The maximum Gasteiger partial charge on any atom is 0.411 e. The number of hydrogen-bond acceptors (Lipinski definition) is 4. The first-order chi connectivity index (χ1) is 8.10. The van der Waals surface area contributed by atoms with Gasteiger partial charge < -0.3 is 4.74 Å². The normalized spacial score (nSPS) is 10.3. The van der Waals surface area contributed by atoms with Crippen LogP contribution < -0.4 is 5.32 Å². The molecule has 88 valence electrons. The van der Waals surface area contributed by atoms with Crippen molar-refractivity contribution in [3.63, 3.8) is 0 Å². The fourth-order valence-electron chi connectivity index (χ4n) is 1.48. The van der Waals surface area contributed by atoms with E-state index in [2.05, 4.69) is 20.0 Å². The lowest BCUT2D eigenvalue weighted by Crippen LogP contribution is -2.10. The minimum atomic E-state index is -0.499. The number of aromatic nitrogens is 2. The molecule has 0 spiro atoms. The highest BCUT2D eigenvalue weighted by Crippen LogP contribution is 2.17. The van der Waals surface area contributed by atoms with E-state index in [1.807, 2.05) is 19.9 Å². The van der Waals surface area contributed by atoms with E-state index >= 15 is 0 Å². The molecule has 17 heavy (non-hydrogen) atoms. The lowest BCUT2D eigenvalue weighted by molar-refractivity contribution is 0.187. The molecule has 0 aliphatic heterocycles. The fourth-order valence-corrected chi connectivity index (χ4v) is 1.48. The van der Waals surface area contributed by atoms with E-state index in [1.165, 1.54) is 7.11 Å². The maximum atomic E-state index is 11.1. The van der Waals surface area contributed by atoms with Crippen LogP contribution >= 0.6 is 0 Å². The van der Waals surface area contributed by atoms with E-state index in [1.54, 1.807) is 12.1 Å². The van der Waals surface area contributed by atoms with E-state index in [9.17, 15) is 4.79 Å². The molecule has 1 aromatic heterocycles. The van der Waals surface area contributed by atoms with Crippen LogP contribution in [0.1, 0.15) is 11.4 Å². The molecule has 1 heterocycles. The van der Waals surface area contributed by atoms with Gasteiger partial charge in [0, 0.05) is 5.69 Å². The van der Waals surface area contributed by atoms with Crippen LogP contribution in [-0.2, 0) is 4.74 Å². The topological polar surface area (TPSA) is 64.1 Å². The zero-order valence-corrected chi connectivity index (χ0v) is 9.94. The number of nitrogens with zero attached hydrogens (tertiary/aromatic N) is 2. The minimum absolute atomic E-state index is 0.499. The Morgan fingerprint density at radius 3 is 2.47 bits per heavy atom. The summed E-state index contributed by atoms with van der Waals surface area (Å²) in [7, 11) is 1.32. The Hall–Kier alpha value is -2.17. The first-order valence-corrected chi connectivity index (χ1v) is 5.20. The third-order valence-electron chi connectivity index (χ3n) is 2.51. The van der Waals surface area contributed by atoms with Crippen molar-refractivity contribution in [2.24, 2.45) is 0 Å². The predicted octanol–water partition coefficient (Wildman–Crippen LogP) is 2.42. The molecule has 0 radical (unpaired) electrons.